The monoisotopic (exact) mass is 599 g/mol. The third-order valence-corrected chi connectivity index (χ3v) is 6.59. The van der Waals surface area contributed by atoms with Crippen molar-refractivity contribution in [3.63, 3.8) is 0 Å². The predicted octanol–water partition coefficient (Wildman–Crippen LogP) is 6.92. The summed E-state index contributed by atoms with van der Waals surface area (Å²) in [6, 6.07) is 21.8. The van der Waals surface area contributed by atoms with E-state index in [0.717, 1.165) is 21.8 Å². The fourth-order valence-corrected chi connectivity index (χ4v) is 4.60. The fraction of sp³-hybridized carbons (Fsp3) is 0.212. The predicted molar refractivity (Wildman–Crippen MR) is 168 cm³/mol. The molecule has 9 nitrogen and oxygen atoms in total. The van der Waals surface area contributed by atoms with Gasteiger partial charge < -0.3 is 24.8 Å². The molecule has 0 atom stereocenters. The van der Waals surface area contributed by atoms with Crippen LogP contribution in [0.15, 0.2) is 78.2 Å². The smallest absolute Gasteiger partial charge is 0.407 e. The van der Waals surface area contributed by atoms with E-state index < -0.39 is 23.6 Å². The van der Waals surface area contributed by atoms with E-state index in [1.165, 1.54) is 25.3 Å². The molecule has 4 rings (SSSR count). The lowest BCUT2D eigenvalue weighted by molar-refractivity contribution is 0.0519. The molecule has 0 aliphatic heterocycles. The van der Waals surface area contributed by atoms with Gasteiger partial charge in [-0.05, 0) is 62.7 Å². The van der Waals surface area contributed by atoms with E-state index in [-0.39, 0.29) is 30.0 Å². The summed E-state index contributed by atoms with van der Waals surface area (Å²) in [7, 11) is 1.26. The highest BCUT2D eigenvalue weighted by atomic mass is 32.1. The molecule has 0 aliphatic carbocycles. The fourth-order valence-electron chi connectivity index (χ4n) is 3.88. The number of methoxy groups -OCH3 is 1. The van der Waals surface area contributed by atoms with Gasteiger partial charge in [-0.25, -0.2) is 14.6 Å². The number of nitrogens with one attached hydrogen (secondary N) is 2. The number of alkyl carbamates (subject to hydrolysis) is 1. The lowest BCUT2D eigenvalue weighted by Gasteiger charge is -2.19. The molecule has 43 heavy (non-hydrogen) atoms. The van der Waals surface area contributed by atoms with Gasteiger partial charge in [-0.3, -0.25) is 4.79 Å². The lowest BCUT2D eigenvalue weighted by Crippen LogP contribution is -2.34. The highest BCUT2D eigenvalue weighted by molar-refractivity contribution is 7.10. The van der Waals surface area contributed by atoms with Gasteiger partial charge in [-0.2, -0.15) is 0 Å². The van der Waals surface area contributed by atoms with Crippen LogP contribution in [-0.4, -0.2) is 48.8 Å². The number of benzene rings is 3. The summed E-state index contributed by atoms with van der Waals surface area (Å²) in [4.78, 5) is 42.0. The Kier molecular flexibility index (Phi) is 10.3. The van der Waals surface area contributed by atoms with Crippen LogP contribution in [0.5, 0.6) is 5.75 Å². The van der Waals surface area contributed by atoms with Crippen LogP contribution >= 0.6 is 11.3 Å². The van der Waals surface area contributed by atoms with Crippen molar-refractivity contribution in [2.24, 2.45) is 0 Å². The molecule has 10 heteroatoms. The summed E-state index contributed by atoms with van der Waals surface area (Å²) in [5.74, 6) is -0.777. The number of hydrogen-bond donors (Lipinski definition) is 2. The molecule has 3 aromatic carbocycles. The van der Waals surface area contributed by atoms with Gasteiger partial charge in [0.05, 0.1) is 24.9 Å². The van der Waals surface area contributed by atoms with Crippen molar-refractivity contribution in [1.29, 1.82) is 0 Å². The lowest BCUT2D eigenvalue weighted by atomic mass is 10.1. The Hall–Kier alpha value is -4.96. The molecule has 2 N–H and O–H groups in total. The van der Waals surface area contributed by atoms with Crippen molar-refractivity contribution in [2.45, 2.75) is 26.4 Å². The number of thiazole rings is 1. The quantitative estimate of drug-likeness (QED) is 0.150. The van der Waals surface area contributed by atoms with Gasteiger partial charge in [0, 0.05) is 22.2 Å². The average molecular weight is 600 g/mol. The minimum atomic E-state index is -0.619. The Morgan fingerprint density at radius 2 is 1.70 bits per heavy atom. The maximum Gasteiger partial charge on any atom is 0.407 e. The Morgan fingerprint density at radius 1 is 0.930 bits per heavy atom. The molecule has 0 aliphatic rings. The minimum absolute atomic E-state index is 0.0885. The highest BCUT2D eigenvalue weighted by Gasteiger charge is 2.17. The molecule has 0 saturated carbocycles. The van der Waals surface area contributed by atoms with Crippen molar-refractivity contribution < 1.29 is 28.6 Å². The third-order valence-electron chi connectivity index (χ3n) is 5.78. The summed E-state index contributed by atoms with van der Waals surface area (Å²) < 4.78 is 15.8. The average Bonchev–Trinajstić information content (AvgIpc) is 3.47. The highest BCUT2D eigenvalue weighted by Crippen LogP contribution is 2.24. The second-order valence-electron chi connectivity index (χ2n) is 10.4. The van der Waals surface area contributed by atoms with Crippen molar-refractivity contribution >= 4 is 47.1 Å². The number of carbonyl (C=O) groups excluding carboxylic acids is 3. The number of aromatic nitrogens is 1. The molecule has 2 amide bonds. The Labute approximate surface area is 254 Å². The maximum atomic E-state index is 13.2. The first-order valence-corrected chi connectivity index (χ1v) is 14.4. The summed E-state index contributed by atoms with van der Waals surface area (Å²) in [6.07, 6.45) is 3.29. The van der Waals surface area contributed by atoms with Crippen LogP contribution in [0.1, 0.15) is 52.1 Å². The number of rotatable bonds is 10. The molecule has 4 aromatic rings. The van der Waals surface area contributed by atoms with Crippen LogP contribution in [0.3, 0.4) is 0 Å². The number of esters is 1. The first-order chi connectivity index (χ1) is 20.6. The van der Waals surface area contributed by atoms with Crippen molar-refractivity contribution in [2.75, 3.05) is 25.6 Å². The van der Waals surface area contributed by atoms with Crippen LogP contribution in [0.2, 0.25) is 0 Å². The Bertz CT molecular complexity index is 1610. The van der Waals surface area contributed by atoms with Gasteiger partial charge in [0.15, 0.2) is 0 Å². The van der Waals surface area contributed by atoms with Gasteiger partial charge in [-0.15, -0.1) is 11.3 Å². The van der Waals surface area contributed by atoms with E-state index in [2.05, 4.69) is 15.6 Å². The maximum absolute atomic E-state index is 13.2. The molecule has 0 spiro atoms. The largest absolute Gasteiger partial charge is 0.492 e. The van der Waals surface area contributed by atoms with Gasteiger partial charge in [0.2, 0.25) is 0 Å². The summed E-state index contributed by atoms with van der Waals surface area (Å²) >= 11 is 1.55. The van der Waals surface area contributed by atoms with Crippen molar-refractivity contribution in [3.8, 4) is 17.0 Å². The van der Waals surface area contributed by atoms with E-state index in [1.54, 1.807) is 38.2 Å². The van der Waals surface area contributed by atoms with Gasteiger partial charge in [0.1, 0.15) is 23.0 Å². The molecule has 0 unspecified atom stereocenters. The van der Waals surface area contributed by atoms with Gasteiger partial charge in [0.25, 0.3) is 5.91 Å². The molecule has 1 heterocycles. The van der Waals surface area contributed by atoms with Crippen LogP contribution in [0, 0.1) is 0 Å². The molecule has 0 radical (unpaired) electrons. The standard InChI is InChI=1S/C33H33N3O6S/c1-33(2,3)42-32(39)34-15-16-41-27-19-24(18-25(20-27)31(38)40-4)30(37)35-26-12-8-9-22(17-26)13-14-29-36-28(21-43-29)23-10-6-5-7-11-23/h5-14,17-21H,15-16H2,1-4H3,(H,34,39)(H,35,37)/b14-13+. The Morgan fingerprint density at radius 3 is 2.44 bits per heavy atom. The number of amides is 2. The zero-order valence-corrected chi connectivity index (χ0v) is 25.2. The number of ether oxygens (including phenoxy) is 3. The molecule has 0 bridgehead atoms. The normalized spacial score (nSPS) is 11.2. The molecule has 0 saturated heterocycles. The number of anilines is 1. The van der Waals surface area contributed by atoms with E-state index >= 15 is 0 Å². The second-order valence-corrected chi connectivity index (χ2v) is 11.3. The van der Waals surface area contributed by atoms with Crippen molar-refractivity contribution in [1.82, 2.24) is 10.3 Å². The summed E-state index contributed by atoms with van der Waals surface area (Å²) in [5, 5.41) is 8.35. The first kappa shape index (κ1) is 31.0. The van der Waals surface area contributed by atoms with Crippen LogP contribution in [0.25, 0.3) is 23.4 Å². The second kappa shape index (κ2) is 14.3. The minimum Gasteiger partial charge on any atom is -0.492 e. The summed E-state index contributed by atoms with van der Waals surface area (Å²) in [6.45, 7) is 5.56. The Balaban J connectivity index is 1.41. The van der Waals surface area contributed by atoms with E-state index in [9.17, 15) is 14.4 Å². The molecule has 222 valence electrons. The zero-order chi connectivity index (χ0) is 30.8. The number of hydrogen-bond acceptors (Lipinski definition) is 8. The molecular formula is C33H33N3O6S. The molecular weight excluding hydrogens is 566 g/mol. The third kappa shape index (κ3) is 9.54. The summed E-state index contributed by atoms with van der Waals surface area (Å²) in [5.41, 5.74) is 3.16. The van der Waals surface area contributed by atoms with Crippen LogP contribution < -0.4 is 15.4 Å². The van der Waals surface area contributed by atoms with Gasteiger partial charge >= 0.3 is 12.1 Å². The van der Waals surface area contributed by atoms with E-state index in [0.29, 0.717) is 5.69 Å². The SMILES string of the molecule is COC(=O)c1cc(OCCNC(=O)OC(C)(C)C)cc(C(=O)Nc2cccc(/C=C/c3nc(-c4ccccc4)cs3)c2)c1. The first-order valence-electron chi connectivity index (χ1n) is 13.5. The topological polar surface area (TPSA) is 116 Å². The molecule has 1 aromatic heterocycles. The molecule has 0 fully saturated rings. The number of carbonyl (C=O) groups is 3. The van der Waals surface area contributed by atoms with Gasteiger partial charge in [-0.1, -0.05) is 48.5 Å². The number of nitrogens with zero attached hydrogens (tertiary/aromatic N) is 1. The van der Waals surface area contributed by atoms with Crippen molar-refractivity contribution in [3.05, 3.63) is 99.9 Å². The van der Waals surface area contributed by atoms with Crippen LogP contribution in [-0.2, 0) is 9.47 Å². The van der Waals surface area contributed by atoms with E-state index in [1.807, 2.05) is 66.1 Å². The zero-order valence-electron chi connectivity index (χ0n) is 24.4. The van der Waals surface area contributed by atoms with E-state index in [4.69, 9.17) is 14.2 Å². The van der Waals surface area contributed by atoms with Crippen LogP contribution in [0.4, 0.5) is 10.5 Å².